The van der Waals surface area contributed by atoms with Gasteiger partial charge in [0.15, 0.2) is 0 Å². The largest absolute Gasteiger partial charge is 0.338 e. The maximum atomic E-state index is 14.3. The molecule has 0 saturated carbocycles. The Bertz CT molecular complexity index is 1050. The van der Waals surface area contributed by atoms with Crippen molar-refractivity contribution in [3.8, 4) is 0 Å². The number of unbranched alkanes of at least 4 members (excludes halogenated alkanes) is 3. The summed E-state index contributed by atoms with van der Waals surface area (Å²) in [6.45, 7) is 8.06. The first-order valence-corrected chi connectivity index (χ1v) is 13.5. The summed E-state index contributed by atoms with van der Waals surface area (Å²) in [5.41, 5.74) is 0.0646. The predicted molar refractivity (Wildman–Crippen MR) is 134 cm³/mol. The molecule has 8 nitrogen and oxygen atoms in total. The summed E-state index contributed by atoms with van der Waals surface area (Å²) in [6.07, 6.45) is 3.96. The molecule has 10 heteroatoms. The summed E-state index contributed by atoms with van der Waals surface area (Å²) < 4.78 is 14.3. The molecule has 0 aromatic heterocycles. The molecular formula is C26H34FN3O5S. The van der Waals surface area contributed by atoms with Crippen LogP contribution in [0.5, 0.6) is 0 Å². The molecule has 1 aromatic rings. The van der Waals surface area contributed by atoms with Crippen molar-refractivity contribution in [2.24, 2.45) is 0 Å². The highest BCUT2D eigenvalue weighted by Gasteiger charge is 2.46. The average molecular weight is 520 g/mol. The molecule has 1 unspecified atom stereocenters. The minimum atomic E-state index is -1.08. The van der Waals surface area contributed by atoms with Gasteiger partial charge in [0.25, 0.3) is 11.8 Å². The Labute approximate surface area is 215 Å². The van der Waals surface area contributed by atoms with Gasteiger partial charge in [0.1, 0.15) is 11.9 Å². The lowest BCUT2D eigenvalue weighted by Gasteiger charge is -2.30. The Morgan fingerprint density at radius 3 is 2.36 bits per heavy atom. The molecule has 3 rings (SSSR count). The van der Waals surface area contributed by atoms with Gasteiger partial charge in [-0.25, -0.2) is 4.39 Å². The van der Waals surface area contributed by atoms with Crippen LogP contribution in [0.15, 0.2) is 17.0 Å². The maximum absolute atomic E-state index is 14.3. The zero-order valence-corrected chi connectivity index (χ0v) is 22.1. The molecule has 1 N–H and O–H groups in total. The van der Waals surface area contributed by atoms with Crippen LogP contribution in [0.25, 0.3) is 0 Å². The van der Waals surface area contributed by atoms with E-state index in [9.17, 15) is 28.4 Å². The molecule has 36 heavy (non-hydrogen) atoms. The third-order valence-corrected chi connectivity index (χ3v) is 7.54. The zero-order valence-electron chi connectivity index (χ0n) is 21.3. The van der Waals surface area contributed by atoms with Gasteiger partial charge in [-0.1, -0.05) is 12.8 Å². The van der Waals surface area contributed by atoms with Crippen molar-refractivity contribution < 1.29 is 28.4 Å². The number of rotatable bonds is 11. The molecule has 1 fully saturated rings. The minimum Gasteiger partial charge on any atom is -0.338 e. The van der Waals surface area contributed by atoms with Crippen molar-refractivity contribution >= 4 is 41.3 Å². The van der Waals surface area contributed by atoms with E-state index >= 15 is 0 Å². The summed E-state index contributed by atoms with van der Waals surface area (Å²) in [5.74, 6) is -2.34. The molecule has 196 valence electrons. The van der Waals surface area contributed by atoms with E-state index in [-0.39, 0.29) is 42.0 Å². The van der Waals surface area contributed by atoms with Crippen LogP contribution in [0.3, 0.4) is 0 Å². The smallest absolute Gasteiger partial charge is 0.263 e. The molecule has 0 bridgehead atoms. The molecule has 0 spiro atoms. The number of amides is 5. The van der Waals surface area contributed by atoms with Crippen LogP contribution in [0.1, 0.15) is 93.4 Å². The standard InChI is InChI=1S/C26H34FN3O5S/c1-15(2)29(16(3)4)22(32)9-7-5-6-8-12-36-20-14-17(27)13-18-23(20)26(35)30(25(18)34)19-10-11-21(31)28-24(19)33/h13-16,19H,5-12H2,1-4H3,(H,28,31,33). The Morgan fingerprint density at radius 1 is 1.06 bits per heavy atom. The van der Waals surface area contributed by atoms with Crippen molar-refractivity contribution in [1.29, 1.82) is 0 Å². The Hall–Kier alpha value is -2.75. The number of piperidine rings is 1. The van der Waals surface area contributed by atoms with Crippen molar-refractivity contribution in [1.82, 2.24) is 15.1 Å². The Balaban J connectivity index is 1.54. The van der Waals surface area contributed by atoms with Crippen LogP contribution in [0, 0.1) is 5.82 Å². The van der Waals surface area contributed by atoms with Crippen molar-refractivity contribution in [2.45, 2.75) is 95.7 Å². The topological polar surface area (TPSA) is 104 Å². The summed E-state index contributed by atoms with van der Waals surface area (Å²) in [5, 5.41) is 2.16. The Kier molecular flexibility index (Phi) is 9.27. The fourth-order valence-corrected chi connectivity index (χ4v) is 5.96. The Morgan fingerprint density at radius 2 is 1.72 bits per heavy atom. The number of hydrogen-bond acceptors (Lipinski definition) is 6. The van der Waals surface area contributed by atoms with Crippen LogP contribution in [0.4, 0.5) is 4.39 Å². The van der Waals surface area contributed by atoms with Gasteiger partial charge >= 0.3 is 0 Å². The van der Waals surface area contributed by atoms with Crippen molar-refractivity contribution in [2.75, 3.05) is 5.75 Å². The summed E-state index contributed by atoms with van der Waals surface area (Å²) in [4.78, 5) is 65.3. The van der Waals surface area contributed by atoms with Gasteiger partial charge in [-0.3, -0.25) is 34.2 Å². The number of nitrogens with one attached hydrogen (secondary N) is 1. The fourth-order valence-electron chi connectivity index (χ4n) is 4.85. The first-order valence-electron chi connectivity index (χ1n) is 12.5. The molecule has 0 radical (unpaired) electrons. The molecule has 2 heterocycles. The van der Waals surface area contributed by atoms with Gasteiger partial charge in [0.05, 0.1) is 11.1 Å². The van der Waals surface area contributed by atoms with Crippen molar-refractivity contribution in [3.05, 3.63) is 29.1 Å². The highest BCUT2D eigenvalue weighted by Crippen LogP contribution is 2.35. The van der Waals surface area contributed by atoms with Crippen LogP contribution in [-0.4, -0.2) is 63.2 Å². The van der Waals surface area contributed by atoms with Gasteiger partial charge in [0.2, 0.25) is 17.7 Å². The molecule has 1 atom stereocenters. The van der Waals surface area contributed by atoms with E-state index in [0.717, 1.165) is 36.6 Å². The van der Waals surface area contributed by atoms with E-state index in [0.29, 0.717) is 17.1 Å². The van der Waals surface area contributed by atoms with Gasteiger partial charge in [-0.15, -0.1) is 11.8 Å². The second kappa shape index (κ2) is 12.0. The number of carbonyl (C=O) groups excluding carboxylic acids is 5. The number of carbonyl (C=O) groups is 5. The lowest BCUT2D eigenvalue weighted by molar-refractivity contribution is -0.136. The van der Waals surface area contributed by atoms with E-state index in [2.05, 4.69) is 5.32 Å². The highest BCUT2D eigenvalue weighted by molar-refractivity contribution is 7.99. The zero-order chi connectivity index (χ0) is 26.6. The predicted octanol–water partition coefficient (Wildman–Crippen LogP) is 3.91. The van der Waals surface area contributed by atoms with Crippen molar-refractivity contribution in [3.63, 3.8) is 0 Å². The first kappa shape index (κ1) is 27.8. The molecule has 2 aliphatic heterocycles. The number of thioether (sulfide) groups is 1. The summed E-state index contributed by atoms with van der Waals surface area (Å²) in [6, 6.07) is 1.53. The molecule has 1 aromatic carbocycles. The summed E-state index contributed by atoms with van der Waals surface area (Å²) >= 11 is 1.30. The highest BCUT2D eigenvalue weighted by atomic mass is 32.2. The normalized spacial score (nSPS) is 17.8. The quantitative estimate of drug-likeness (QED) is 0.270. The molecule has 5 amide bonds. The molecule has 0 aliphatic carbocycles. The van der Waals surface area contributed by atoms with Gasteiger partial charge in [0, 0.05) is 29.8 Å². The second-order valence-corrected chi connectivity index (χ2v) is 10.9. The first-order chi connectivity index (χ1) is 17.0. The van der Waals surface area contributed by atoms with E-state index in [1.54, 1.807) is 0 Å². The second-order valence-electron chi connectivity index (χ2n) is 9.77. The van der Waals surface area contributed by atoms with Crippen LogP contribution in [0.2, 0.25) is 0 Å². The lowest BCUT2D eigenvalue weighted by atomic mass is 10.0. The van der Waals surface area contributed by atoms with E-state index in [1.807, 2.05) is 32.6 Å². The maximum Gasteiger partial charge on any atom is 0.263 e. The number of imide groups is 2. The van der Waals surface area contributed by atoms with E-state index < -0.39 is 35.5 Å². The summed E-state index contributed by atoms with van der Waals surface area (Å²) in [7, 11) is 0. The van der Waals surface area contributed by atoms with Crippen LogP contribution in [-0.2, 0) is 14.4 Å². The van der Waals surface area contributed by atoms with E-state index in [4.69, 9.17) is 0 Å². The third-order valence-electron chi connectivity index (χ3n) is 6.41. The van der Waals surface area contributed by atoms with Crippen LogP contribution >= 0.6 is 11.8 Å². The van der Waals surface area contributed by atoms with Crippen LogP contribution < -0.4 is 5.32 Å². The molecule has 1 saturated heterocycles. The fraction of sp³-hybridized carbons (Fsp3) is 0.577. The number of benzene rings is 1. The average Bonchev–Trinajstić information content (AvgIpc) is 3.02. The third kappa shape index (κ3) is 6.14. The van der Waals surface area contributed by atoms with E-state index in [1.165, 1.54) is 17.8 Å². The SMILES string of the molecule is CC(C)N(C(=O)CCCCCCSc1cc(F)cc2c1C(=O)N(C1CCC(=O)NC1=O)C2=O)C(C)C. The lowest BCUT2D eigenvalue weighted by Crippen LogP contribution is -2.54. The van der Waals surface area contributed by atoms with Gasteiger partial charge < -0.3 is 4.90 Å². The van der Waals surface area contributed by atoms with Gasteiger partial charge in [-0.2, -0.15) is 0 Å². The number of fused-ring (bicyclic) bond motifs is 1. The minimum absolute atomic E-state index is 0.0261. The monoisotopic (exact) mass is 519 g/mol. The number of nitrogens with zero attached hydrogens (tertiary/aromatic N) is 2. The number of halogens is 1. The number of hydrogen-bond donors (Lipinski definition) is 1. The molecule has 2 aliphatic rings. The molecular weight excluding hydrogens is 485 g/mol. The van der Waals surface area contributed by atoms with Gasteiger partial charge in [-0.05, 0) is 64.8 Å².